The molecular weight excluding hydrogens is 364 g/mol. The molecule has 0 aliphatic carbocycles. The van der Waals surface area contributed by atoms with E-state index in [0.29, 0.717) is 6.61 Å². The van der Waals surface area contributed by atoms with E-state index in [2.05, 4.69) is 32.1 Å². The van der Waals surface area contributed by atoms with Crippen molar-refractivity contribution < 1.29 is 19.1 Å². The first-order chi connectivity index (χ1) is 14.0. The molecule has 1 aliphatic heterocycles. The third-order valence-corrected chi connectivity index (χ3v) is 5.69. The van der Waals surface area contributed by atoms with Gasteiger partial charge >= 0.3 is 5.97 Å². The number of hydrogen-bond donors (Lipinski definition) is 1. The van der Waals surface area contributed by atoms with Crippen molar-refractivity contribution in [2.75, 3.05) is 6.61 Å². The van der Waals surface area contributed by atoms with E-state index in [9.17, 15) is 4.79 Å². The molecule has 1 N–H and O–H groups in total. The van der Waals surface area contributed by atoms with Gasteiger partial charge in [-0.1, -0.05) is 29.4 Å². The van der Waals surface area contributed by atoms with E-state index in [-0.39, 0.29) is 6.10 Å². The standard InChI is InChI=1S/C25H36O4/c1-19(7-4-8-20(2)10-6-12-23-15-16-28-17-23)9-5-11-22-13-14-24(29-18-22)21(3)25(26)27/h7,10-11,15-17,21,24H,4-6,8-9,12-14,18H2,1-3H3,(H,26,27)/b19-7+,20-10+,22-11+/t21-,24+/m1/s1. The van der Waals surface area contributed by atoms with E-state index >= 15 is 0 Å². The highest BCUT2D eigenvalue weighted by Crippen LogP contribution is 2.24. The Morgan fingerprint density at radius 3 is 2.55 bits per heavy atom. The molecule has 1 saturated heterocycles. The molecule has 1 fully saturated rings. The number of aryl methyl sites for hydroxylation is 1. The minimum atomic E-state index is -0.772. The molecule has 0 bridgehead atoms. The van der Waals surface area contributed by atoms with Crippen molar-refractivity contribution in [3.8, 4) is 0 Å². The summed E-state index contributed by atoms with van der Waals surface area (Å²) in [4.78, 5) is 11.0. The lowest BCUT2D eigenvalue weighted by atomic mass is 9.94. The molecule has 2 heterocycles. The second-order valence-electron chi connectivity index (χ2n) is 8.23. The molecule has 1 aliphatic rings. The minimum absolute atomic E-state index is 0.151. The lowest BCUT2D eigenvalue weighted by Crippen LogP contribution is -2.32. The average Bonchev–Trinajstić information content (AvgIpc) is 3.21. The molecule has 160 valence electrons. The van der Waals surface area contributed by atoms with Gasteiger partial charge in [-0.3, -0.25) is 4.79 Å². The van der Waals surface area contributed by atoms with Gasteiger partial charge in [-0.05, 0) is 89.3 Å². The van der Waals surface area contributed by atoms with Gasteiger partial charge in [0.1, 0.15) is 0 Å². The first-order valence-corrected chi connectivity index (χ1v) is 10.8. The molecule has 4 heteroatoms. The normalized spacial score (nSPS) is 20.8. The summed E-state index contributed by atoms with van der Waals surface area (Å²) in [5.74, 6) is -1.20. The number of furan rings is 1. The van der Waals surface area contributed by atoms with Gasteiger partial charge < -0.3 is 14.3 Å². The number of hydrogen-bond acceptors (Lipinski definition) is 3. The quantitative estimate of drug-likeness (QED) is 0.431. The summed E-state index contributed by atoms with van der Waals surface area (Å²) in [5, 5.41) is 9.08. The molecule has 29 heavy (non-hydrogen) atoms. The molecule has 2 atom stereocenters. The van der Waals surface area contributed by atoms with Crippen LogP contribution in [0, 0.1) is 5.92 Å². The van der Waals surface area contributed by atoms with Crippen LogP contribution in [0.3, 0.4) is 0 Å². The van der Waals surface area contributed by atoms with Crippen LogP contribution in [0.4, 0.5) is 0 Å². The second-order valence-corrected chi connectivity index (χ2v) is 8.23. The number of ether oxygens (including phenoxy) is 1. The number of rotatable bonds is 11. The molecule has 0 aromatic carbocycles. The van der Waals surface area contributed by atoms with Crippen LogP contribution in [0.15, 0.2) is 58.0 Å². The van der Waals surface area contributed by atoms with Crippen molar-refractivity contribution in [3.63, 3.8) is 0 Å². The Morgan fingerprint density at radius 2 is 1.93 bits per heavy atom. The van der Waals surface area contributed by atoms with Crippen LogP contribution >= 0.6 is 0 Å². The van der Waals surface area contributed by atoms with Crippen molar-refractivity contribution in [2.24, 2.45) is 5.92 Å². The van der Waals surface area contributed by atoms with Gasteiger partial charge in [0, 0.05) is 0 Å². The van der Waals surface area contributed by atoms with E-state index in [0.717, 1.165) is 51.4 Å². The third-order valence-electron chi connectivity index (χ3n) is 5.69. The van der Waals surface area contributed by atoms with Gasteiger partial charge in [0.25, 0.3) is 0 Å². The van der Waals surface area contributed by atoms with Crippen molar-refractivity contribution in [1.82, 2.24) is 0 Å². The predicted molar refractivity (Wildman–Crippen MR) is 117 cm³/mol. The van der Waals surface area contributed by atoms with Crippen LogP contribution in [0.2, 0.25) is 0 Å². The maximum absolute atomic E-state index is 11.0. The monoisotopic (exact) mass is 400 g/mol. The second kappa shape index (κ2) is 12.5. The first-order valence-electron chi connectivity index (χ1n) is 10.8. The highest BCUT2D eigenvalue weighted by Gasteiger charge is 2.27. The number of carboxylic acid groups (broad SMARTS) is 1. The Balaban J connectivity index is 1.61. The van der Waals surface area contributed by atoms with E-state index < -0.39 is 11.9 Å². The number of carbonyl (C=O) groups is 1. The van der Waals surface area contributed by atoms with E-state index in [1.807, 2.05) is 12.3 Å². The van der Waals surface area contributed by atoms with Crippen molar-refractivity contribution in [3.05, 3.63) is 59.1 Å². The Morgan fingerprint density at radius 1 is 1.21 bits per heavy atom. The van der Waals surface area contributed by atoms with Crippen LogP contribution in [-0.2, 0) is 16.0 Å². The van der Waals surface area contributed by atoms with Crippen LogP contribution in [0.1, 0.15) is 71.3 Å². The molecule has 2 rings (SSSR count). The molecule has 1 aromatic rings. The van der Waals surface area contributed by atoms with Crippen molar-refractivity contribution in [1.29, 1.82) is 0 Å². The van der Waals surface area contributed by atoms with Crippen molar-refractivity contribution in [2.45, 2.75) is 78.2 Å². The van der Waals surface area contributed by atoms with Crippen molar-refractivity contribution >= 4 is 5.97 Å². The largest absolute Gasteiger partial charge is 0.481 e. The van der Waals surface area contributed by atoms with Gasteiger partial charge in [0.2, 0.25) is 0 Å². The zero-order valence-electron chi connectivity index (χ0n) is 18.2. The highest BCUT2D eigenvalue weighted by molar-refractivity contribution is 5.70. The van der Waals surface area contributed by atoms with Gasteiger partial charge in [-0.25, -0.2) is 0 Å². The summed E-state index contributed by atoms with van der Waals surface area (Å²) in [5.41, 5.74) is 5.45. The first kappa shape index (κ1) is 23.2. The van der Waals surface area contributed by atoms with Gasteiger partial charge in [-0.15, -0.1) is 0 Å². The molecule has 0 unspecified atom stereocenters. The minimum Gasteiger partial charge on any atom is -0.481 e. The molecule has 1 aromatic heterocycles. The summed E-state index contributed by atoms with van der Waals surface area (Å²) >= 11 is 0. The predicted octanol–water partition coefficient (Wildman–Crippen LogP) is 6.49. The Hall–Kier alpha value is -2.07. The smallest absolute Gasteiger partial charge is 0.308 e. The van der Waals surface area contributed by atoms with E-state index in [1.54, 1.807) is 13.2 Å². The van der Waals surface area contributed by atoms with Crippen LogP contribution in [-0.4, -0.2) is 23.8 Å². The molecular formula is C25H36O4. The van der Waals surface area contributed by atoms with Crippen LogP contribution < -0.4 is 0 Å². The highest BCUT2D eigenvalue weighted by atomic mass is 16.5. The number of aliphatic carboxylic acids is 1. The van der Waals surface area contributed by atoms with Gasteiger partial charge in [0.05, 0.1) is 31.2 Å². The van der Waals surface area contributed by atoms with E-state index in [1.165, 1.54) is 22.3 Å². The third kappa shape index (κ3) is 8.86. The Labute approximate surface area is 175 Å². The lowest BCUT2D eigenvalue weighted by Gasteiger charge is -2.27. The molecule has 0 amide bonds. The zero-order chi connectivity index (χ0) is 21.1. The molecule has 0 saturated carbocycles. The van der Waals surface area contributed by atoms with Gasteiger partial charge in [0.15, 0.2) is 0 Å². The average molecular weight is 401 g/mol. The zero-order valence-corrected chi connectivity index (χ0v) is 18.2. The summed E-state index contributed by atoms with van der Waals surface area (Å²) in [6.07, 6.45) is 18.5. The summed E-state index contributed by atoms with van der Waals surface area (Å²) in [6, 6.07) is 2.03. The number of carboxylic acids is 1. The van der Waals surface area contributed by atoms with Crippen LogP contribution in [0.25, 0.3) is 0 Å². The Bertz CT molecular complexity index is 699. The van der Waals surface area contributed by atoms with E-state index in [4.69, 9.17) is 14.3 Å². The fraction of sp³-hybridized carbons (Fsp3) is 0.560. The topological polar surface area (TPSA) is 59.7 Å². The fourth-order valence-electron chi connectivity index (χ4n) is 3.59. The molecule has 0 spiro atoms. The van der Waals surface area contributed by atoms with Crippen LogP contribution in [0.5, 0.6) is 0 Å². The Kier molecular flexibility index (Phi) is 9.99. The molecule has 4 nitrogen and oxygen atoms in total. The van der Waals surface area contributed by atoms with Gasteiger partial charge in [-0.2, -0.15) is 0 Å². The lowest BCUT2D eigenvalue weighted by molar-refractivity contribution is -0.147. The number of allylic oxidation sites excluding steroid dienone is 5. The summed E-state index contributed by atoms with van der Waals surface area (Å²) in [7, 11) is 0. The fourth-order valence-corrected chi connectivity index (χ4v) is 3.59. The maximum Gasteiger partial charge on any atom is 0.308 e. The summed E-state index contributed by atoms with van der Waals surface area (Å²) < 4.78 is 10.8. The molecule has 0 radical (unpaired) electrons. The maximum atomic E-state index is 11.0. The SMILES string of the molecule is C/C(=C\CC/C(C)=C/CCc1ccoc1)CC/C=C1\CC[C@@H]([C@@H](C)C(=O)O)OC1. The summed E-state index contributed by atoms with van der Waals surface area (Å²) in [6.45, 7) is 6.73.